The number of halogens is 1. The third-order valence-electron chi connectivity index (χ3n) is 2.01. The van der Waals surface area contributed by atoms with Crippen molar-refractivity contribution in [2.24, 2.45) is 0 Å². The number of nitrogen functional groups attached to an aromatic ring is 1. The average molecular weight is 174 g/mol. The van der Waals surface area contributed by atoms with Crippen molar-refractivity contribution in [2.75, 3.05) is 5.73 Å². The molecule has 0 aromatic carbocycles. The second kappa shape index (κ2) is 3.13. The maximum absolute atomic E-state index is 5.68. The molecule has 4 heteroatoms. The number of anilines is 1. The topological polar surface area (TPSA) is 43.8 Å². The Kier molecular flexibility index (Phi) is 2.39. The lowest BCUT2D eigenvalue weighted by atomic mass is 10.1. The Balaban J connectivity index is 0.000000605. The molecule has 0 atom stereocenters. The lowest BCUT2D eigenvalue weighted by Crippen LogP contribution is -2.11. The van der Waals surface area contributed by atoms with Crippen LogP contribution in [0, 0.1) is 0 Å². The third kappa shape index (κ3) is 1.33. The summed E-state index contributed by atoms with van der Waals surface area (Å²) in [7, 11) is 0. The molecular formula is C7H12ClN3. The number of hydrogen-bond donors (Lipinski definition) is 1. The molecule has 2 rings (SSSR count). The molecule has 1 aromatic rings. The van der Waals surface area contributed by atoms with Crippen molar-refractivity contribution >= 4 is 18.1 Å². The molecule has 0 saturated carbocycles. The normalized spacial score (nSPS) is 15.3. The van der Waals surface area contributed by atoms with Gasteiger partial charge in [-0.15, -0.1) is 12.4 Å². The zero-order chi connectivity index (χ0) is 6.97. The summed E-state index contributed by atoms with van der Waals surface area (Å²) in [5.41, 5.74) is 7.77. The molecule has 1 aromatic heterocycles. The number of rotatable bonds is 0. The van der Waals surface area contributed by atoms with Crippen LogP contribution in [0.5, 0.6) is 0 Å². The van der Waals surface area contributed by atoms with E-state index in [0.717, 1.165) is 18.7 Å². The monoisotopic (exact) mass is 173 g/mol. The van der Waals surface area contributed by atoms with Gasteiger partial charge in [0.25, 0.3) is 0 Å². The number of hydrogen-bond acceptors (Lipinski definition) is 2. The van der Waals surface area contributed by atoms with E-state index in [1.165, 1.54) is 18.5 Å². The highest BCUT2D eigenvalue weighted by Crippen LogP contribution is 2.18. The van der Waals surface area contributed by atoms with E-state index < -0.39 is 0 Å². The minimum Gasteiger partial charge on any atom is -0.396 e. The van der Waals surface area contributed by atoms with Gasteiger partial charge in [0.05, 0.1) is 17.6 Å². The second-order valence-corrected chi connectivity index (χ2v) is 2.73. The molecule has 2 heterocycles. The van der Waals surface area contributed by atoms with Crippen molar-refractivity contribution in [2.45, 2.75) is 25.8 Å². The molecule has 0 spiro atoms. The first-order chi connectivity index (χ1) is 4.88. The standard InChI is InChI=1S/C7H11N3.ClH/c8-6-5-9-10-4-2-1-3-7(6)10;/h5H,1-4,8H2;1H. The summed E-state index contributed by atoms with van der Waals surface area (Å²) in [4.78, 5) is 0. The van der Waals surface area contributed by atoms with E-state index in [1.54, 1.807) is 6.20 Å². The highest BCUT2D eigenvalue weighted by atomic mass is 35.5. The summed E-state index contributed by atoms with van der Waals surface area (Å²) < 4.78 is 2.01. The molecule has 1 aliphatic rings. The Labute approximate surface area is 72.0 Å². The van der Waals surface area contributed by atoms with E-state index in [2.05, 4.69) is 5.10 Å². The Hall–Kier alpha value is -0.700. The van der Waals surface area contributed by atoms with Crippen LogP contribution in [-0.2, 0) is 13.0 Å². The van der Waals surface area contributed by atoms with Crippen LogP contribution in [0.15, 0.2) is 6.20 Å². The van der Waals surface area contributed by atoms with Crippen LogP contribution in [0.4, 0.5) is 5.69 Å². The van der Waals surface area contributed by atoms with Crippen LogP contribution >= 0.6 is 12.4 Å². The van der Waals surface area contributed by atoms with Crippen LogP contribution in [0.25, 0.3) is 0 Å². The third-order valence-corrected chi connectivity index (χ3v) is 2.01. The molecule has 0 amide bonds. The molecular weight excluding hydrogens is 162 g/mol. The van der Waals surface area contributed by atoms with Crippen molar-refractivity contribution in [1.82, 2.24) is 9.78 Å². The quantitative estimate of drug-likeness (QED) is 0.641. The van der Waals surface area contributed by atoms with E-state index in [-0.39, 0.29) is 12.4 Å². The van der Waals surface area contributed by atoms with Gasteiger partial charge < -0.3 is 5.73 Å². The molecule has 0 saturated heterocycles. The fraction of sp³-hybridized carbons (Fsp3) is 0.571. The van der Waals surface area contributed by atoms with Crippen molar-refractivity contribution in [3.8, 4) is 0 Å². The summed E-state index contributed by atoms with van der Waals surface area (Å²) in [5, 5.41) is 4.15. The number of aryl methyl sites for hydroxylation is 1. The van der Waals surface area contributed by atoms with Gasteiger partial charge in [0.2, 0.25) is 0 Å². The van der Waals surface area contributed by atoms with Gasteiger partial charge in [0.1, 0.15) is 0 Å². The summed E-state index contributed by atoms with van der Waals surface area (Å²) in [5.74, 6) is 0. The Morgan fingerprint density at radius 2 is 2.27 bits per heavy atom. The molecule has 0 bridgehead atoms. The highest BCUT2D eigenvalue weighted by molar-refractivity contribution is 5.85. The summed E-state index contributed by atoms with van der Waals surface area (Å²) in [6.07, 6.45) is 5.36. The van der Waals surface area contributed by atoms with Gasteiger partial charge >= 0.3 is 0 Å². The lowest BCUT2D eigenvalue weighted by molar-refractivity contribution is 0.487. The van der Waals surface area contributed by atoms with Crippen LogP contribution < -0.4 is 5.73 Å². The van der Waals surface area contributed by atoms with Crippen molar-refractivity contribution in [3.63, 3.8) is 0 Å². The van der Waals surface area contributed by atoms with Gasteiger partial charge in [-0.2, -0.15) is 5.10 Å². The fourth-order valence-electron chi connectivity index (χ4n) is 1.45. The Morgan fingerprint density at radius 1 is 1.45 bits per heavy atom. The first-order valence-corrected chi connectivity index (χ1v) is 3.68. The SMILES string of the molecule is Cl.Nc1cnn2c1CCCC2. The second-order valence-electron chi connectivity index (χ2n) is 2.73. The van der Waals surface area contributed by atoms with Crippen LogP contribution in [-0.4, -0.2) is 9.78 Å². The van der Waals surface area contributed by atoms with Crippen LogP contribution in [0.2, 0.25) is 0 Å². The molecule has 3 nitrogen and oxygen atoms in total. The molecule has 0 fully saturated rings. The molecule has 0 radical (unpaired) electrons. The van der Waals surface area contributed by atoms with E-state index in [9.17, 15) is 0 Å². The van der Waals surface area contributed by atoms with Crippen LogP contribution in [0.3, 0.4) is 0 Å². The molecule has 62 valence electrons. The van der Waals surface area contributed by atoms with Gasteiger partial charge in [-0.1, -0.05) is 0 Å². The number of nitrogens with two attached hydrogens (primary N) is 1. The first kappa shape index (κ1) is 8.40. The van der Waals surface area contributed by atoms with Gasteiger partial charge in [0, 0.05) is 6.54 Å². The zero-order valence-corrected chi connectivity index (χ0v) is 7.10. The predicted molar refractivity (Wildman–Crippen MR) is 46.8 cm³/mol. The Bertz CT molecular complexity index is 244. The fourth-order valence-corrected chi connectivity index (χ4v) is 1.45. The molecule has 1 aliphatic heterocycles. The molecule has 2 N–H and O–H groups in total. The van der Waals surface area contributed by atoms with Gasteiger partial charge in [0.15, 0.2) is 0 Å². The summed E-state index contributed by atoms with van der Waals surface area (Å²) in [6, 6.07) is 0. The minimum atomic E-state index is 0. The maximum Gasteiger partial charge on any atom is 0.0733 e. The summed E-state index contributed by atoms with van der Waals surface area (Å²) >= 11 is 0. The zero-order valence-electron chi connectivity index (χ0n) is 6.29. The predicted octanol–water partition coefficient (Wildman–Crippen LogP) is 1.22. The van der Waals surface area contributed by atoms with Gasteiger partial charge in [-0.05, 0) is 19.3 Å². The van der Waals surface area contributed by atoms with Crippen LogP contribution in [0.1, 0.15) is 18.5 Å². The smallest absolute Gasteiger partial charge is 0.0733 e. The van der Waals surface area contributed by atoms with E-state index in [4.69, 9.17) is 5.73 Å². The van der Waals surface area contributed by atoms with E-state index in [0.29, 0.717) is 0 Å². The highest BCUT2D eigenvalue weighted by Gasteiger charge is 2.11. The van der Waals surface area contributed by atoms with E-state index >= 15 is 0 Å². The van der Waals surface area contributed by atoms with Crippen molar-refractivity contribution in [3.05, 3.63) is 11.9 Å². The lowest BCUT2D eigenvalue weighted by Gasteiger charge is -2.12. The minimum absolute atomic E-state index is 0. The van der Waals surface area contributed by atoms with Crippen molar-refractivity contribution in [1.29, 1.82) is 0 Å². The van der Waals surface area contributed by atoms with Gasteiger partial charge in [-0.25, -0.2) is 0 Å². The molecule has 11 heavy (non-hydrogen) atoms. The average Bonchev–Trinajstić information content (AvgIpc) is 2.34. The molecule has 0 unspecified atom stereocenters. The molecule has 0 aliphatic carbocycles. The summed E-state index contributed by atoms with van der Waals surface area (Å²) in [6.45, 7) is 1.05. The van der Waals surface area contributed by atoms with Gasteiger partial charge in [-0.3, -0.25) is 4.68 Å². The number of fused-ring (bicyclic) bond motifs is 1. The first-order valence-electron chi connectivity index (χ1n) is 3.68. The van der Waals surface area contributed by atoms with E-state index in [1.807, 2.05) is 4.68 Å². The number of nitrogens with zero attached hydrogens (tertiary/aromatic N) is 2. The van der Waals surface area contributed by atoms with Crippen molar-refractivity contribution < 1.29 is 0 Å². The largest absolute Gasteiger partial charge is 0.396 e. The maximum atomic E-state index is 5.68. The number of aromatic nitrogens is 2. The Morgan fingerprint density at radius 3 is 3.00 bits per heavy atom.